The molecular weight excluding hydrogens is 1940 g/mol. The molecule has 14 heterocycles. The summed E-state index contributed by atoms with van der Waals surface area (Å²) in [4.78, 5) is 28.4. The maximum atomic E-state index is 13.0. The maximum Gasteiger partial charge on any atom is 0.416 e. The molecule has 8 fully saturated rings. The zero-order valence-electron chi connectivity index (χ0n) is 77.6. The second-order valence-corrected chi connectivity index (χ2v) is 41.7. The van der Waals surface area contributed by atoms with Crippen molar-refractivity contribution in [1.29, 1.82) is 0 Å². The second kappa shape index (κ2) is 46.5. The summed E-state index contributed by atoms with van der Waals surface area (Å²) in [6.45, 7) is 0. The molecule has 742 valence electrons. The Bertz CT molecular complexity index is 6260. The zero-order chi connectivity index (χ0) is 96.9. The molecule has 8 aliphatic rings. The Labute approximate surface area is 819 Å². The lowest BCUT2D eigenvalue weighted by atomic mass is 9.83. The number of fused-ring (bicyclic) bond motifs is 7. The number of aromatic nitrogens is 14. The first-order valence-corrected chi connectivity index (χ1v) is 51.6. The number of imidazole rings is 7. The molecule has 0 amide bonds. The Morgan fingerprint density at radius 1 is 0.283 bits per heavy atom. The van der Waals surface area contributed by atoms with Gasteiger partial charge in [0.05, 0.1) is 226 Å². The van der Waals surface area contributed by atoms with Gasteiger partial charge in [0.25, 0.3) is 0 Å². The quantitative estimate of drug-likeness (QED) is 0.0394. The molecule has 138 heavy (non-hydrogen) atoms. The number of hydrogen-bond acceptors (Lipinski definition) is 14. The fourth-order valence-electron chi connectivity index (χ4n) is 22.1. The van der Waals surface area contributed by atoms with Crippen molar-refractivity contribution >= 4 is 82.1 Å². The van der Waals surface area contributed by atoms with Crippen molar-refractivity contribution in [3.63, 3.8) is 0 Å². The van der Waals surface area contributed by atoms with Gasteiger partial charge < -0.3 is 66.6 Å². The van der Waals surface area contributed by atoms with Crippen LogP contribution in [0, 0.1) is 41.4 Å². The molecular formula is C105H126Br2ClF9N14O7. The van der Waals surface area contributed by atoms with Crippen molar-refractivity contribution < 1.29 is 75.3 Å². The molecule has 33 heteroatoms. The number of pyridine rings is 7. The van der Waals surface area contributed by atoms with E-state index in [4.69, 9.17) is 11.6 Å². The summed E-state index contributed by atoms with van der Waals surface area (Å²) in [7, 11) is 0. The van der Waals surface area contributed by atoms with Crippen LogP contribution in [0.25, 0.3) is 38.6 Å². The van der Waals surface area contributed by atoms with Crippen molar-refractivity contribution in [1.82, 2.24) is 65.7 Å². The van der Waals surface area contributed by atoms with E-state index in [-0.39, 0.29) is 47.2 Å². The van der Waals surface area contributed by atoms with Crippen LogP contribution in [-0.4, -0.2) is 101 Å². The van der Waals surface area contributed by atoms with Crippen LogP contribution in [0.3, 0.4) is 0 Å². The van der Waals surface area contributed by atoms with Gasteiger partial charge in [-0.1, -0.05) is 191 Å². The van der Waals surface area contributed by atoms with Gasteiger partial charge in [-0.15, -0.1) is 0 Å². The van der Waals surface area contributed by atoms with Crippen LogP contribution >= 0.6 is 43.5 Å². The Balaban J connectivity index is 0.000000117. The van der Waals surface area contributed by atoms with Gasteiger partial charge in [-0.3, -0.25) is 0 Å². The average molecular weight is 2060 g/mol. The predicted molar refractivity (Wildman–Crippen MR) is 519 cm³/mol. The number of alkyl halides is 9. The summed E-state index contributed by atoms with van der Waals surface area (Å²) in [5.74, 6) is 3.15. The molecule has 14 aromatic heterocycles. The fourth-order valence-corrected chi connectivity index (χ4v) is 23.3. The molecule has 0 bridgehead atoms. The first-order chi connectivity index (χ1) is 66.5. The molecule has 7 unspecified atom stereocenters. The normalized spacial score (nSPS) is 19.4. The van der Waals surface area contributed by atoms with Crippen molar-refractivity contribution in [3.05, 3.63) is 249 Å². The van der Waals surface area contributed by atoms with Gasteiger partial charge in [0.1, 0.15) is 0 Å². The highest BCUT2D eigenvalue weighted by Crippen LogP contribution is 2.47. The van der Waals surface area contributed by atoms with Gasteiger partial charge in [0.15, 0.2) is 0 Å². The van der Waals surface area contributed by atoms with Crippen LogP contribution in [0.15, 0.2) is 182 Å². The molecule has 22 rings (SSSR count). The summed E-state index contributed by atoms with van der Waals surface area (Å²) < 4.78 is 131. The van der Waals surface area contributed by atoms with E-state index in [9.17, 15) is 75.3 Å². The zero-order valence-corrected chi connectivity index (χ0v) is 81.6. The molecule has 21 nitrogen and oxygen atoms in total. The number of hydrogen-bond donors (Lipinski definition) is 7. The van der Waals surface area contributed by atoms with Gasteiger partial charge >= 0.3 is 18.5 Å². The molecule has 14 aromatic rings. The molecule has 7 atom stereocenters. The largest absolute Gasteiger partial charge is 0.416 e. The molecule has 0 saturated heterocycles. The van der Waals surface area contributed by atoms with E-state index in [1.807, 2.05) is 74.5 Å². The number of aliphatic hydroxyl groups is 7. The van der Waals surface area contributed by atoms with E-state index < -0.39 is 59.6 Å². The lowest BCUT2D eigenvalue weighted by molar-refractivity contribution is -0.138. The molecule has 0 spiro atoms. The van der Waals surface area contributed by atoms with Crippen LogP contribution < -0.4 is 0 Å². The Morgan fingerprint density at radius 3 is 0.855 bits per heavy atom. The van der Waals surface area contributed by atoms with Crippen LogP contribution in [-0.2, 0) is 18.5 Å². The minimum Gasteiger partial charge on any atom is -0.387 e. The topological polar surface area (TPSA) is 263 Å². The van der Waals surface area contributed by atoms with Crippen LogP contribution in [0.2, 0.25) is 5.02 Å². The highest BCUT2D eigenvalue weighted by atomic mass is 79.9. The van der Waals surface area contributed by atoms with Crippen LogP contribution in [0.4, 0.5) is 39.5 Å². The number of halogens is 12. The predicted octanol–water partition coefficient (Wildman–Crippen LogP) is 27.1. The van der Waals surface area contributed by atoms with E-state index in [2.05, 4.69) is 83.3 Å². The van der Waals surface area contributed by atoms with Crippen LogP contribution in [0.5, 0.6) is 0 Å². The van der Waals surface area contributed by atoms with E-state index in [1.54, 1.807) is 34.0 Å². The van der Waals surface area contributed by atoms with E-state index >= 15 is 0 Å². The van der Waals surface area contributed by atoms with Gasteiger partial charge in [-0.2, -0.15) is 39.5 Å². The van der Waals surface area contributed by atoms with Gasteiger partial charge in [-0.25, -0.2) is 34.9 Å². The van der Waals surface area contributed by atoms with Gasteiger partial charge in [-0.05, 0) is 234 Å². The second-order valence-electron chi connectivity index (χ2n) is 39.5. The Morgan fingerprint density at radius 2 is 0.536 bits per heavy atom. The molecule has 8 aliphatic carbocycles. The van der Waals surface area contributed by atoms with Gasteiger partial charge in [0.2, 0.25) is 0 Å². The molecule has 0 aromatic carbocycles. The van der Waals surface area contributed by atoms with E-state index in [1.165, 1.54) is 150 Å². The average Bonchev–Trinajstić information content (AvgIpc) is 1.64. The summed E-state index contributed by atoms with van der Waals surface area (Å²) >= 11 is 13.1. The van der Waals surface area contributed by atoms with E-state index in [0.717, 1.165) is 231 Å². The number of nitrogens with zero attached hydrogens (tertiary/aromatic N) is 14. The Kier molecular flexibility index (Phi) is 34.4. The Hall–Kier alpha value is -8.83. The smallest absolute Gasteiger partial charge is 0.387 e. The summed E-state index contributed by atoms with van der Waals surface area (Å²) in [5, 5.41) is 74.5. The molecule has 7 N–H and O–H groups in total. The monoisotopic (exact) mass is 2060 g/mol. The number of aliphatic hydroxyl groups excluding tert-OH is 7. The highest BCUT2D eigenvalue weighted by Gasteiger charge is 2.39. The van der Waals surface area contributed by atoms with Gasteiger partial charge in [0, 0.05) is 14.0 Å². The molecule has 0 aliphatic heterocycles. The SMILES string of the molecule is OC(CC1CCCCC1)c1cc(C(F)(F)F)cc2cncn12.OC(CCC1CCCCC1)c1cc(Cl)cc2cncn12.OC(c1cc(Br)cc2cncn12)C1CCCC1.OC(c1cc(Br)cc2cncn12)C1CCCCC1.OC(c1cc(C(F)(F)F)cc2cncn12)C1CCCC1.OC(c1cc(C(F)(F)F)cc2cncn12)C1CCCCC1.OC(c1cc(C2CC2)cc2cncn12)C1CCCCC1. The van der Waals surface area contributed by atoms with Crippen molar-refractivity contribution in [2.75, 3.05) is 0 Å². The number of rotatable bonds is 18. The standard InChI is InChI=1S/C17H22N2O.C16H21ClN2O.C16H19F3N2O.C15H17F3N2O.C14H17BrN2O.C14H15F3N2O.C13H15BrN2O/c20-17(13-4-2-1-3-5-13)16-9-14(12-6-7-12)8-15-10-18-11-19(15)16;17-13-8-14-10-18-11-19(14)15(9-13)16(20)7-6-12-4-2-1-3-5-12;17-16(18,19)12-7-13-9-20-10-21(13)14(8-12)15(22)6-11-4-2-1-3-5-11;16-15(17,18)11-6-12-8-19-9-20(12)13(7-11)14(21)10-4-2-1-3-5-10;15-11-6-12-8-16-9-17(12)13(7-11)14(18)10-4-2-1-3-5-10;15-14(16,17)10-5-11-7-18-8-19(11)12(6-10)13(20)9-3-1-2-4-9;14-10-5-11-7-15-8-16(11)12(6-10)13(17)9-3-1-2-4-9/h8-13,17,20H,1-7H2;8-12,16,20H,1-7H2;7-11,15,22H,1-6H2;6-10,14,21H,1-5H2;6-10,14,18H,1-5H2;5-9,13,20H,1-4H2;5-9,13,17H,1-4H2. The maximum absolute atomic E-state index is 13.0. The third kappa shape index (κ3) is 25.6. The lowest BCUT2D eigenvalue weighted by Gasteiger charge is -2.27. The minimum absolute atomic E-state index is 0.0211. The lowest BCUT2D eigenvalue weighted by Crippen LogP contribution is -2.19. The first-order valence-electron chi connectivity index (χ1n) is 49.6. The minimum atomic E-state index is -4.43. The third-order valence-corrected chi connectivity index (χ3v) is 31.0. The first kappa shape index (κ1) is 102. The third-order valence-electron chi connectivity index (χ3n) is 29.8. The summed E-state index contributed by atoms with van der Waals surface area (Å²) in [6.07, 6.45) is 48.3. The molecule has 0 radical (unpaired) electrons. The van der Waals surface area contributed by atoms with Crippen molar-refractivity contribution in [2.24, 2.45) is 41.4 Å². The van der Waals surface area contributed by atoms with Crippen molar-refractivity contribution in [2.45, 2.75) is 311 Å². The fraction of sp³-hybridized carbons (Fsp3) is 0.533. The van der Waals surface area contributed by atoms with Crippen molar-refractivity contribution in [3.8, 4) is 0 Å². The van der Waals surface area contributed by atoms with Crippen LogP contribution in [0.1, 0.15) is 355 Å². The molecule has 8 saturated carbocycles. The highest BCUT2D eigenvalue weighted by molar-refractivity contribution is 9.10. The van der Waals surface area contributed by atoms with E-state index in [0.29, 0.717) is 57.6 Å². The summed E-state index contributed by atoms with van der Waals surface area (Å²) in [5.41, 5.74) is 8.96. The summed E-state index contributed by atoms with van der Waals surface area (Å²) in [6, 6.07) is 22.5.